The summed E-state index contributed by atoms with van der Waals surface area (Å²) in [6.45, 7) is 4.78. The molecule has 0 saturated carbocycles. The highest BCUT2D eigenvalue weighted by Crippen LogP contribution is 2.34. The number of benzene rings is 2. The number of carbonyl (C=O) groups is 3. The summed E-state index contributed by atoms with van der Waals surface area (Å²) in [7, 11) is 1.22. The second kappa shape index (κ2) is 9.91. The Morgan fingerprint density at radius 2 is 1.72 bits per heavy atom. The lowest BCUT2D eigenvalue weighted by molar-refractivity contribution is -0.139. The lowest BCUT2D eigenvalue weighted by Crippen LogP contribution is -2.31. The van der Waals surface area contributed by atoms with E-state index in [0.717, 1.165) is 0 Å². The highest BCUT2D eigenvalue weighted by Gasteiger charge is 2.24. The van der Waals surface area contributed by atoms with Crippen molar-refractivity contribution in [2.45, 2.75) is 20.8 Å². The third-order valence-electron chi connectivity index (χ3n) is 4.61. The zero-order chi connectivity index (χ0) is 23.3. The van der Waals surface area contributed by atoms with Crippen molar-refractivity contribution >= 4 is 28.6 Å². The third-order valence-corrected chi connectivity index (χ3v) is 4.61. The van der Waals surface area contributed by atoms with E-state index in [2.05, 4.69) is 15.0 Å². The van der Waals surface area contributed by atoms with E-state index in [1.807, 2.05) is 30.3 Å². The molecule has 0 fully saturated rings. The Hall–Kier alpha value is -3.94. The van der Waals surface area contributed by atoms with E-state index in [1.165, 1.54) is 7.11 Å². The van der Waals surface area contributed by atoms with Crippen molar-refractivity contribution < 1.29 is 28.6 Å². The van der Waals surface area contributed by atoms with Crippen molar-refractivity contribution in [2.75, 3.05) is 13.7 Å². The minimum absolute atomic E-state index is 0.0259. The lowest BCUT2D eigenvalue weighted by Gasteiger charge is -2.16. The normalized spacial score (nSPS) is 10.7. The summed E-state index contributed by atoms with van der Waals surface area (Å²) in [6.07, 6.45) is 0. The van der Waals surface area contributed by atoms with Crippen LogP contribution in [0.5, 0.6) is 17.2 Å². The van der Waals surface area contributed by atoms with E-state index in [9.17, 15) is 14.4 Å². The molecule has 0 saturated heterocycles. The number of hydrogen-bond donors (Lipinski definition) is 1. The van der Waals surface area contributed by atoms with E-state index in [-0.39, 0.29) is 18.0 Å². The van der Waals surface area contributed by atoms with Crippen molar-refractivity contribution in [3.8, 4) is 17.2 Å². The Bertz CT molecular complexity index is 1160. The quantitative estimate of drug-likeness (QED) is 0.562. The van der Waals surface area contributed by atoms with Gasteiger partial charge in [0.1, 0.15) is 18.0 Å². The van der Waals surface area contributed by atoms with Gasteiger partial charge in [-0.05, 0) is 37.3 Å². The van der Waals surface area contributed by atoms with Crippen LogP contribution < -0.4 is 14.8 Å². The van der Waals surface area contributed by atoms with Crippen LogP contribution in [-0.4, -0.2) is 36.5 Å². The Labute approximate surface area is 185 Å². The van der Waals surface area contributed by atoms with Crippen molar-refractivity contribution in [1.82, 2.24) is 10.3 Å². The first-order chi connectivity index (χ1) is 15.3. The van der Waals surface area contributed by atoms with Crippen LogP contribution in [0.3, 0.4) is 0 Å². The average molecular weight is 436 g/mol. The first-order valence-corrected chi connectivity index (χ1v) is 10.0. The van der Waals surface area contributed by atoms with Gasteiger partial charge in [0.15, 0.2) is 11.4 Å². The third kappa shape index (κ3) is 5.21. The van der Waals surface area contributed by atoms with Gasteiger partial charge in [-0.1, -0.05) is 32.0 Å². The van der Waals surface area contributed by atoms with Gasteiger partial charge in [-0.15, -0.1) is 0 Å². The van der Waals surface area contributed by atoms with Gasteiger partial charge in [0, 0.05) is 16.5 Å². The SMILES string of the molecule is COC(=O)CNC(=O)c1nc(C)c2cc(Oc3ccccc3)ccc2c1OC(=O)C(C)C. The topological polar surface area (TPSA) is 104 Å². The first-order valence-electron chi connectivity index (χ1n) is 10.0. The first kappa shape index (κ1) is 22.7. The van der Waals surface area contributed by atoms with Crippen LogP contribution in [0.15, 0.2) is 48.5 Å². The number of nitrogens with one attached hydrogen (secondary N) is 1. The van der Waals surface area contributed by atoms with Crippen LogP contribution in [0.25, 0.3) is 10.8 Å². The highest BCUT2D eigenvalue weighted by molar-refractivity contribution is 6.04. The Kier molecular flexibility index (Phi) is 7.04. The summed E-state index contributed by atoms with van der Waals surface area (Å²) < 4.78 is 16.0. The fraction of sp³-hybridized carbons (Fsp3) is 0.250. The zero-order valence-electron chi connectivity index (χ0n) is 18.3. The minimum atomic E-state index is -0.656. The lowest BCUT2D eigenvalue weighted by atomic mass is 10.1. The number of pyridine rings is 1. The number of ether oxygens (including phenoxy) is 3. The van der Waals surface area contributed by atoms with Crippen molar-refractivity contribution in [1.29, 1.82) is 0 Å². The molecule has 166 valence electrons. The number of aryl methyl sites for hydroxylation is 1. The van der Waals surface area contributed by atoms with Gasteiger partial charge < -0.3 is 19.5 Å². The molecular weight excluding hydrogens is 412 g/mol. The molecule has 3 rings (SSSR count). The second-order valence-electron chi connectivity index (χ2n) is 7.33. The van der Waals surface area contributed by atoms with Crippen LogP contribution in [-0.2, 0) is 14.3 Å². The highest BCUT2D eigenvalue weighted by atomic mass is 16.5. The van der Waals surface area contributed by atoms with Gasteiger partial charge in [-0.25, -0.2) is 4.98 Å². The smallest absolute Gasteiger partial charge is 0.325 e. The molecule has 0 radical (unpaired) electrons. The Morgan fingerprint density at radius 3 is 2.38 bits per heavy atom. The monoisotopic (exact) mass is 436 g/mol. The molecule has 0 unspecified atom stereocenters. The number of nitrogens with zero attached hydrogens (tertiary/aromatic N) is 1. The molecule has 8 heteroatoms. The molecule has 0 spiro atoms. The molecule has 1 amide bonds. The maximum Gasteiger partial charge on any atom is 0.325 e. The van der Waals surface area contributed by atoms with Gasteiger partial charge in [-0.3, -0.25) is 14.4 Å². The van der Waals surface area contributed by atoms with Crippen LogP contribution in [0.1, 0.15) is 30.0 Å². The second-order valence-corrected chi connectivity index (χ2v) is 7.33. The number of carbonyl (C=O) groups excluding carboxylic acids is 3. The van der Waals surface area contributed by atoms with Crippen molar-refractivity contribution in [2.24, 2.45) is 5.92 Å². The van der Waals surface area contributed by atoms with Crippen LogP contribution in [0.4, 0.5) is 0 Å². The van der Waals surface area contributed by atoms with Crippen LogP contribution in [0, 0.1) is 12.8 Å². The molecule has 0 atom stereocenters. The molecule has 0 aliphatic rings. The van der Waals surface area contributed by atoms with E-state index in [0.29, 0.717) is 28.0 Å². The number of para-hydroxylation sites is 1. The fourth-order valence-corrected chi connectivity index (χ4v) is 2.90. The number of methoxy groups -OCH3 is 1. The van der Waals surface area contributed by atoms with Gasteiger partial charge in [-0.2, -0.15) is 0 Å². The molecule has 0 bridgehead atoms. The summed E-state index contributed by atoms with van der Waals surface area (Å²) in [5.74, 6) is -0.934. The maximum atomic E-state index is 12.7. The Morgan fingerprint density at radius 1 is 1.00 bits per heavy atom. The van der Waals surface area contributed by atoms with E-state index in [4.69, 9.17) is 9.47 Å². The number of hydrogen-bond acceptors (Lipinski definition) is 7. The van der Waals surface area contributed by atoms with E-state index in [1.54, 1.807) is 39.0 Å². The van der Waals surface area contributed by atoms with E-state index < -0.39 is 23.8 Å². The summed E-state index contributed by atoms with van der Waals surface area (Å²) >= 11 is 0. The molecule has 0 aliphatic carbocycles. The molecule has 2 aromatic carbocycles. The van der Waals surface area contributed by atoms with Crippen molar-refractivity contribution in [3.05, 3.63) is 59.9 Å². The molecule has 1 aromatic heterocycles. The zero-order valence-corrected chi connectivity index (χ0v) is 18.3. The molecule has 0 aliphatic heterocycles. The number of rotatable bonds is 7. The van der Waals surface area contributed by atoms with Gasteiger partial charge in [0.25, 0.3) is 5.91 Å². The fourth-order valence-electron chi connectivity index (χ4n) is 2.90. The number of aromatic nitrogens is 1. The largest absolute Gasteiger partial charge is 0.468 e. The standard InChI is InChI=1S/C24H24N2O6/c1-14(2)24(29)32-22-18-11-10-17(31-16-8-6-5-7-9-16)12-19(18)15(3)26-21(22)23(28)25-13-20(27)30-4/h5-12,14H,13H2,1-4H3,(H,25,28). The minimum Gasteiger partial charge on any atom is -0.468 e. The van der Waals surface area contributed by atoms with E-state index >= 15 is 0 Å². The number of fused-ring (bicyclic) bond motifs is 1. The van der Waals surface area contributed by atoms with Gasteiger partial charge in [0.2, 0.25) is 0 Å². The molecule has 8 nitrogen and oxygen atoms in total. The van der Waals surface area contributed by atoms with Gasteiger partial charge >= 0.3 is 11.9 Å². The maximum absolute atomic E-state index is 12.7. The molecule has 3 aromatic rings. The summed E-state index contributed by atoms with van der Waals surface area (Å²) in [5.41, 5.74) is 0.440. The summed E-state index contributed by atoms with van der Waals surface area (Å²) in [5, 5.41) is 3.62. The molecule has 32 heavy (non-hydrogen) atoms. The predicted octanol–water partition coefficient (Wildman–Crippen LogP) is 3.80. The molecule has 1 heterocycles. The van der Waals surface area contributed by atoms with Gasteiger partial charge in [0.05, 0.1) is 13.0 Å². The number of esters is 2. The summed E-state index contributed by atoms with van der Waals surface area (Å²) in [6, 6.07) is 14.5. The predicted molar refractivity (Wildman–Crippen MR) is 118 cm³/mol. The molecule has 1 N–H and O–H groups in total. The van der Waals surface area contributed by atoms with Crippen molar-refractivity contribution in [3.63, 3.8) is 0 Å². The summed E-state index contributed by atoms with van der Waals surface area (Å²) in [4.78, 5) is 40.9. The Balaban J connectivity index is 2.06. The van der Waals surface area contributed by atoms with Crippen LogP contribution in [0.2, 0.25) is 0 Å². The van der Waals surface area contributed by atoms with Crippen LogP contribution >= 0.6 is 0 Å². The average Bonchev–Trinajstić information content (AvgIpc) is 2.79. The molecular formula is C24H24N2O6. The number of amides is 1.